The maximum Gasteiger partial charge on any atom is 0.416 e. The van der Waals surface area contributed by atoms with Crippen LogP contribution in [0.4, 0.5) is 36.3 Å². The Hall–Kier alpha value is -4.68. The summed E-state index contributed by atoms with van der Waals surface area (Å²) in [6, 6.07) is 24.1. The van der Waals surface area contributed by atoms with Gasteiger partial charge in [0.25, 0.3) is 0 Å². The maximum absolute atomic E-state index is 13.1. The van der Waals surface area contributed by atoms with E-state index in [1.165, 1.54) is 17.7 Å². The van der Waals surface area contributed by atoms with Crippen LogP contribution in [0.15, 0.2) is 85.2 Å². The van der Waals surface area contributed by atoms with E-state index in [-0.39, 0.29) is 6.04 Å². The van der Waals surface area contributed by atoms with Crippen LogP contribution in [-0.2, 0) is 24.0 Å². The van der Waals surface area contributed by atoms with Crippen LogP contribution in [0.5, 0.6) is 0 Å². The summed E-state index contributed by atoms with van der Waals surface area (Å²) < 4.78 is 46.8. The van der Waals surface area contributed by atoms with Crippen LogP contribution in [0.3, 0.4) is 0 Å². The van der Waals surface area contributed by atoms with E-state index in [4.69, 9.17) is 14.7 Å². The number of piperidine rings is 1. The van der Waals surface area contributed by atoms with Crippen LogP contribution in [0, 0.1) is 0 Å². The summed E-state index contributed by atoms with van der Waals surface area (Å²) in [5, 5.41) is 7.01. The molecule has 47 heavy (non-hydrogen) atoms. The Kier molecular flexibility index (Phi) is 8.94. The second-order valence-electron chi connectivity index (χ2n) is 12.1. The van der Waals surface area contributed by atoms with Crippen LogP contribution in [-0.4, -0.2) is 69.9 Å². The zero-order valence-corrected chi connectivity index (χ0v) is 26.0. The van der Waals surface area contributed by atoms with Crippen LogP contribution in [0.25, 0.3) is 11.2 Å². The van der Waals surface area contributed by atoms with Gasteiger partial charge in [-0.25, -0.2) is 4.98 Å². The molecule has 2 saturated heterocycles. The molecule has 0 amide bonds. The molecule has 0 radical (unpaired) electrons. The number of morpholine rings is 1. The number of nitrogens with zero attached hydrogens (tertiary/aromatic N) is 6. The minimum atomic E-state index is -4.38. The number of rotatable bonds is 9. The number of hydrogen-bond donors (Lipinski definition) is 2. The number of hydrogen-bond acceptors (Lipinski definition) is 8. The molecule has 5 aromatic rings. The van der Waals surface area contributed by atoms with Crippen molar-refractivity contribution in [2.24, 2.45) is 0 Å². The molecule has 4 heterocycles. The fourth-order valence-corrected chi connectivity index (χ4v) is 6.19. The highest BCUT2D eigenvalue weighted by atomic mass is 19.4. The van der Waals surface area contributed by atoms with E-state index in [2.05, 4.69) is 61.8 Å². The molecule has 244 valence electrons. The van der Waals surface area contributed by atoms with Gasteiger partial charge in [0.2, 0.25) is 5.95 Å². The van der Waals surface area contributed by atoms with E-state index < -0.39 is 11.7 Å². The normalized spacial score (nSPS) is 16.4. The lowest BCUT2D eigenvalue weighted by atomic mass is 10.0. The van der Waals surface area contributed by atoms with Crippen molar-refractivity contribution in [3.05, 3.63) is 102 Å². The average Bonchev–Trinajstić information content (AvgIpc) is 3.49. The van der Waals surface area contributed by atoms with Gasteiger partial charge in [-0.1, -0.05) is 42.5 Å². The first-order valence-corrected chi connectivity index (χ1v) is 16.0. The number of anilines is 4. The molecule has 12 heteroatoms. The number of fused-ring (bicyclic) bond motifs is 1. The van der Waals surface area contributed by atoms with Gasteiger partial charge in [-0.05, 0) is 60.4 Å². The van der Waals surface area contributed by atoms with E-state index >= 15 is 0 Å². The molecule has 0 spiro atoms. The van der Waals surface area contributed by atoms with E-state index in [9.17, 15) is 13.2 Å². The Morgan fingerprint density at radius 3 is 2.19 bits per heavy atom. The lowest BCUT2D eigenvalue weighted by Gasteiger charge is -2.32. The van der Waals surface area contributed by atoms with Crippen molar-refractivity contribution in [3.63, 3.8) is 0 Å². The summed E-state index contributed by atoms with van der Waals surface area (Å²) in [5.74, 6) is 1.05. The lowest BCUT2D eigenvalue weighted by Crippen LogP contribution is -2.38. The highest BCUT2D eigenvalue weighted by molar-refractivity contribution is 5.85. The smallest absolute Gasteiger partial charge is 0.378 e. The zero-order chi connectivity index (χ0) is 32.2. The quantitative estimate of drug-likeness (QED) is 0.187. The topological polar surface area (TPSA) is 83.4 Å². The molecule has 0 bridgehead atoms. The van der Waals surface area contributed by atoms with Crippen LogP contribution in [0.2, 0.25) is 0 Å². The number of ether oxygens (including phenoxy) is 1. The van der Waals surface area contributed by atoms with Gasteiger partial charge < -0.3 is 24.8 Å². The van der Waals surface area contributed by atoms with Gasteiger partial charge in [0.1, 0.15) is 0 Å². The molecule has 0 saturated carbocycles. The summed E-state index contributed by atoms with van der Waals surface area (Å²) >= 11 is 0. The Bertz CT molecular complexity index is 1760. The third-order valence-electron chi connectivity index (χ3n) is 8.78. The molecule has 7 rings (SSSR count). The van der Waals surface area contributed by atoms with Gasteiger partial charge >= 0.3 is 6.18 Å². The number of nitrogens with one attached hydrogen (secondary N) is 2. The summed E-state index contributed by atoms with van der Waals surface area (Å²) in [5.41, 5.74) is 4.54. The summed E-state index contributed by atoms with van der Waals surface area (Å²) in [6.45, 7) is 6.32. The fourth-order valence-electron chi connectivity index (χ4n) is 6.19. The van der Waals surface area contributed by atoms with Crippen molar-refractivity contribution in [2.75, 3.05) is 54.9 Å². The largest absolute Gasteiger partial charge is 0.416 e. The third-order valence-corrected chi connectivity index (χ3v) is 8.78. The van der Waals surface area contributed by atoms with Gasteiger partial charge in [-0.15, -0.1) is 0 Å². The van der Waals surface area contributed by atoms with Gasteiger partial charge in [0, 0.05) is 50.1 Å². The zero-order valence-electron chi connectivity index (χ0n) is 26.0. The standard InChI is InChI=1S/C35H37F3N8O/c36-35(37,38)27-8-6-26(7-9-27)23-46-24-39-31-32(40-29-14-16-44(17-15-29)22-25-4-2-1-3-5-25)42-34(43-33(31)46)41-28-10-12-30(13-11-28)45-18-20-47-21-19-45/h1-13,24,29H,14-23H2,(H2,40,41,42,43). The molecule has 2 aliphatic rings. The van der Waals surface area contributed by atoms with Gasteiger partial charge in [-0.2, -0.15) is 23.1 Å². The highest BCUT2D eigenvalue weighted by Gasteiger charge is 2.30. The molecular weight excluding hydrogens is 605 g/mol. The monoisotopic (exact) mass is 642 g/mol. The van der Waals surface area contributed by atoms with Crippen molar-refractivity contribution in [1.82, 2.24) is 24.4 Å². The second-order valence-corrected chi connectivity index (χ2v) is 12.1. The molecule has 9 nitrogen and oxygen atoms in total. The molecule has 0 unspecified atom stereocenters. The van der Waals surface area contributed by atoms with Crippen LogP contribution >= 0.6 is 0 Å². The van der Waals surface area contributed by atoms with Crippen LogP contribution in [0.1, 0.15) is 29.5 Å². The van der Waals surface area contributed by atoms with Gasteiger partial charge in [0.15, 0.2) is 17.0 Å². The predicted octanol–water partition coefficient (Wildman–Crippen LogP) is 6.55. The maximum atomic E-state index is 13.1. The molecule has 0 atom stereocenters. The number of likely N-dealkylation sites (tertiary alicyclic amines) is 1. The average molecular weight is 643 g/mol. The Morgan fingerprint density at radius 1 is 0.787 bits per heavy atom. The molecular formula is C35H37F3N8O. The minimum Gasteiger partial charge on any atom is -0.378 e. The first-order valence-electron chi connectivity index (χ1n) is 16.0. The molecule has 2 aromatic heterocycles. The SMILES string of the molecule is FC(F)(F)c1ccc(Cn2cnc3c(NC4CCN(Cc5ccccc5)CC4)nc(Nc4ccc(N5CCOCC5)cc4)nc32)cc1. The molecule has 3 aromatic carbocycles. The fraction of sp³-hybridized carbons (Fsp3) is 0.343. The van der Waals surface area contributed by atoms with Gasteiger partial charge in [0.05, 0.1) is 31.6 Å². The number of imidazole rings is 1. The second kappa shape index (κ2) is 13.6. The number of alkyl halides is 3. The van der Waals surface area contributed by atoms with Gasteiger partial charge in [-0.3, -0.25) is 4.90 Å². The molecule has 2 fully saturated rings. The number of aromatic nitrogens is 4. The molecule has 2 N–H and O–H groups in total. The minimum absolute atomic E-state index is 0.209. The predicted molar refractivity (Wildman–Crippen MR) is 177 cm³/mol. The number of halogens is 3. The third kappa shape index (κ3) is 7.50. The van der Waals surface area contributed by atoms with Crippen molar-refractivity contribution in [2.45, 2.75) is 38.1 Å². The van der Waals surface area contributed by atoms with Crippen molar-refractivity contribution >= 4 is 34.3 Å². The van der Waals surface area contributed by atoms with E-state index in [1.807, 2.05) is 22.8 Å². The first kappa shape index (κ1) is 30.9. The van der Waals surface area contributed by atoms with Crippen LogP contribution < -0.4 is 15.5 Å². The van der Waals surface area contributed by atoms with E-state index in [0.29, 0.717) is 35.0 Å². The molecule has 0 aliphatic carbocycles. The van der Waals surface area contributed by atoms with E-state index in [1.54, 1.807) is 6.33 Å². The van der Waals surface area contributed by atoms with Crippen molar-refractivity contribution in [1.29, 1.82) is 0 Å². The van der Waals surface area contributed by atoms with Crippen molar-refractivity contribution < 1.29 is 17.9 Å². The van der Waals surface area contributed by atoms with E-state index in [0.717, 1.165) is 82.3 Å². The Labute approximate surface area is 271 Å². The lowest BCUT2D eigenvalue weighted by molar-refractivity contribution is -0.137. The summed E-state index contributed by atoms with van der Waals surface area (Å²) in [4.78, 5) is 19.1. The summed E-state index contributed by atoms with van der Waals surface area (Å²) in [7, 11) is 0. The first-order chi connectivity index (χ1) is 22.9. The Balaban J connectivity index is 1.12. The van der Waals surface area contributed by atoms with Crippen molar-refractivity contribution in [3.8, 4) is 0 Å². The Morgan fingerprint density at radius 2 is 1.49 bits per heavy atom. The molecule has 2 aliphatic heterocycles. The summed E-state index contributed by atoms with van der Waals surface area (Å²) in [6.07, 6.45) is -0.801. The highest BCUT2D eigenvalue weighted by Crippen LogP contribution is 2.30. The number of benzene rings is 3.